The topological polar surface area (TPSA) is 60.0 Å². The number of nitrogens with one attached hydrogen (secondary N) is 2. The van der Waals surface area contributed by atoms with Crippen molar-refractivity contribution in [3.05, 3.63) is 41.4 Å². The fourth-order valence-electron chi connectivity index (χ4n) is 2.65. The third-order valence-electron chi connectivity index (χ3n) is 4.13. The highest BCUT2D eigenvalue weighted by molar-refractivity contribution is 6.30. The molecule has 1 unspecified atom stereocenters. The molecule has 1 saturated heterocycles. The number of carbonyl (C=O) groups excluding carboxylic acids is 1. The van der Waals surface area contributed by atoms with Gasteiger partial charge in [-0.1, -0.05) is 29.8 Å². The fraction of sp³-hybridized carbons (Fsp3) is 0.474. The van der Waals surface area contributed by atoms with Crippen LogP contribution in [0.1, 0.15) is 13.3 Å². The van der Waals surface area contributed by atoms with Crippen LogP contribution in [0.4, 0.5) is 5.69 Å². The highest BCUT2D eigenvalue weighted by atomic mass is 35.5. The van der Waals surface area contributed by atoms with Gasteiger partial charge in [0.2, 0.25) is 5.91 Å². The molecule has 7 heteroatoms. The van der Waals surface area contributed by atoms with E-state index >= 15 is 0 Å². The molecule has 2 rings (SSSR count). The summed E-state index contributed by atoms with van der Waals surface area (Å²) in [6.07, 6.45) is 0.988. The second kappa shape index (κ2) is 9.48. The lowest BCUT2D eigenvalue weighted by atomic mass is 10.2. The third kappa shape index (κ3) is 6.26. The standard InChI is InChI=1S/C19H28ClN5O/c1-14(2)11-21-19(22-12-18(26)24(3)4)23-16-8-9-25(13-16)17-7-5-6-15(20)10-17/h5-7,10,16H,1,8-9,11-13H2,2-4H3,(H2,21,22,23). The van der Waals surface area contributed by atoms with Gasteiger partial charge in [-0.15, -0.1) is 0 Å². The number of benzene rings is 1. The summed E-state index contributed by atoms with van der Waals surface area (Å²) in [5, 5.41) is 7.41. The summed E-state index contributed by atoms with van der Waals surface area (Å²) >= 11 is 6.10. The van der Waals surface area contributed by atoms with Gasteiger partial charge in [0, 0.05) is 50.5 Å². The minimum atomic E-state index is -0.0339. The molecule has 2 N–H and O–H groups in total. The summed E-state index contributed by atoms with van der Waals surface area (Å²) in [6.45, 7) is 8.39. The molecule has 1 amide bonds. The van der Waals surface area contributed by atoms with Crippen molar-refractivity contribution in [3.8, 4) is 0 Å². The molecular formula is C19H28ClN5O. The van der Waals surface area contributed by atoms with E-state index in [0.29, 0.717) is 12.5 Å². The van der Waals surface area contributed by atoms with E-state index in [1.165, 1.54) is 4.90 Å². The lowest BCUT2D eigenvalue weighted by molar-refractivity contribution is -0.127. The fourth-order valence-corrected chi connectivity index (χ4v) is 2.84. The lowest BCUT2D eigenvalue weighted by Gasteiger charge is -2.21. The number of likely N-dealkylation sites (N-methyl/N-ethyl adjacent to an activating group) is 1. The van der Waals surface area contributed by atoms with Crippen molar-refractivity contribution >= 4 is 29.2 Å². The Hall–Kier alpha value is -2.21. The van der Waals surface area contributed by atoms with E-state index in [-0.39, 0.29) is 18.5 Å². The second-order valence-corrected chi connectivity index (χ2v) is 7.26. The van der Waals surface area contributed by atoms with Gasteiger partial charge in [-0.25, -0.2) is 4.99 Å². The van der Waals surface area contributed by atoms with Gasteiger partial charge in [0.1, 0.15) is 6.54 Å². The SMILES string of the molecule is C=C(C)CNC(=NCC(=O)N(C)C)NC1CCN(c2cccc(Cl)c2)C1. The van der Waals surface area contributed by atoms with Crippen molar-refractivity contribution in [3.63, 3.8) is 0 Å². The molecule has 0 saturated carbocycles. The molecule has 26 heavy (non-hydrogen) atoms. The van der Waals surface area contributed by atoms with Crippen molar-refractivity contribution < 1.29 is 4.79 Å². The second-order valence-electron chi connectivity index (χ2n) is 6.82. The first-order valence-corrected chi connectivity index (χ1v) is 9.13. The van der Waals surface area contributed by atoms with Crippen LogP contribution < -0.4 is 15.5 Å². The predicted octanol–water partition coefficient (Wildman–Crippen LogP) is 2.12. The smallest absolute Gasteiger partial charge is 0.243 e. The first-order valence-electron chi connectivity index (χ1n) is 8.75. The number of nitrogens with zero attached hydrogens (tertiary/aromatic N) is 3. The van der Waals surface area contributed by atoms with Crippen molar-refractivity contribution in [2.75, 3.05) is 45.2 Å². The van der Waals surface area contributed by atoms with E-state index in [2.05, 4.69) is 33.2 Å². The van der Waals surface area contributed by atoms with Crippen LogP contribution in [0.2, 0.25) is 5.02 Å². The van der Waals surface area contributed by atoms with Crippen LogP contribution >= 0.6 is 11.6 Å². The van der Waals surface area contributed by atoms with Gasteiger partial charge in [-0.05, 0) is 31.5 Å². The molecule has 1 atom stereocenters. The van der Waals surface area contributed by atoms with Crippen LogP contribution in [0.25, 0.3) is 0 Å². The zero-order chi connectivity index (χ0) is 19.1. The van der Waals surface area contributed by atoms with Crippen molar-refractivity contribution in [2.45, 2.75) is 19.4 Å². The van der Waals surface area contributed by atoms with Crippen LogP contribution in [0.15, 0.2) is 41.4 Å². The van der Waals surface area contributed by atoms with E-state index in [1.54, 1.807) is 14.1 Å². The maximum atomic E-state index is 11.8. The minimum Gasteiger partial charge on any atom is -0.369 e. The molecule has 1 aromatic carbocycles. The minimum absolute atomic E-state index is 0.0339. The zero-order valence-corrected chi connectivity index (χ0v) is 16.5. The Bertz CT molecular complexity index is 674. The number of hydrogen-bond donors (Lipinski definition) is 2. The summed E-state index contributed by atoms with van der Waals surface area (Å²) < 4.78 is 0. The Balaban J connectivity index is 1.97. The molecule has 0 spiro atoms. The number of anilines is 1. The van der Waals surface area contributed by atoms with Crippen LogP contribution in [0.3, 0.4) is 0 Å². The van der Waals surface area contributed by atoms with E-state index in [1.807, 2.05) is 25.1 Å². The Morgan fingerprint density at radius 2 is 2.23 bits per heavy atom. The summed E-state index contributed by atoms with van der Waals surface area (Å²) in [6, 6.07) is 8.14. The monoisotopic (exact) mass is 377 g/mol. The Labute approximate surface area is 160 Å². The van der Waals surface area contributed by atoms with Gasteiger partial charge < -0.3 is 20.4 Å². The number of carbonyl (C=O) groups is 1. The zero-order valence-electron chi connectivity index (χ0n) is 15.8. The number of hydrogen-bond acceptors (Lipinski definition) is 3. The molecular weight excluding hydrogens is 350 g/mol. The van der Waals surface area contributed by atoms with Gasteiger partial charge >= 0.3 is 0 Å². The Kier molecular flexibility index (Phi) is 7.33. The van der Waals surface area contributed by atoms with E-state index in [4.69, 9.17) is 11.6 Å². The van der Waals surface area contributed by atoms with Gasteiger partial charge in [-0.2, -0.15) is 0 Å². The number of halogens is 1. The molecule has 6 nitrogen and oxygen atoms in total. The Morgan fingerprint density at radius 3 is 2.88 bits per heavy atom. The van der Waals surface area contributed by atoms with E-state index < -0.39 is 0 Å². The maximum absolute atomic E-state index is 11.8. The largest absolute Gasteiger partial charge is 0.369 e. The average Bonchev–Trinajstić information content (AvgIpc) is 3.05. The number of amides is 1. The number of rotatable bonds is 6. The quantitative estimate of drug-likeness (QED) is 0.453. The normalized spacial score (nSPS) is 17.2. The summed E-state index contributed by atoms with van der Waals surface area (Å²) in [7, 11) is 3.46. The van der Waals surface area contributed by atoms with Gasteiger partial charge in [0.25, 0.3) is 0 Å². The van der Waals surface area contributed by atoms with Crippen molar-refractivity contribution in [1.82, 2.24) is 15.5 Å². The maximum Gasteiger partial charge on any atom is 0.243 e. The molecule has 0 aromatic heterocycles. The third-order valence-corrected chi connectivity index (χ3v) is 4.37. The van der Waals surface area contributed by atoms with Crippen LogP contribution in [-0.2, 0) is 4.79 Å². The summed E-state index contributed by atoms with van der Waals surface area (Å²) in [5.74, 6) is 0.606. The summed E-state index contributed by atoms with van der Waals surface area (Å²) in [4.78, 5) is 20.1. The van der Waals surface area contributed by atoms with Crippen molar-refractivity contribution in [1.29, 1.82) is 0 Å². The first kappa shape index (κ1) is 20.1. The highest BCUT2D eigenvalue weighted by Gasteiger charge is 2.23. The van der Waals surface area contributed by atoms with Crippen LogP contribution in [0.5, 0.6) is 0 Å². The molecule has 0 radical (unpaired) electrons. The van der Waals surface area contributed by atoms with Gasteiger partial charge in [0.05, 0.1) is 0 Å². The molecule has 142 valence electrons. The van der Waals surface area contributed by atoms with Crippen LogP contribution in [0, 0.1) is 0 Å². The average molecular weight is 378 g/mol. The molecule has 0 aliphatic carbocycles. The van der Waals surface area contributed by atoms with E-state index in [9.17, 15) is 4.79 Å². The number of guanidine groups is 1. The van der Waals surface area contributed by atoms with Gasteiger partial charge in [-0.3, -0.25) is 4.79 Å². The highest BCUT2D eigenvalue weighted by Crippen LogP contribution is 2.23. The molecule has 1 heterocycles. The molecule has 1 aromatic rings. The van der Waals surface area contributed by atoms with Crippen molar-refractivity contribution in [2.24, 2.45) is 4.99 Å². The Morgan fingerprint density at radius 1 is 1.46 bits per heavy atom. The molecule has 1 aliphatic rings. The van der Waals surface area contributed by atoms with Gasteiger partial charge in [0.15, 0.2) is 5.96 Å². The lowest BCUT2D eigenvalue weighted by Crippen LogP contribution is -2.45. The molecule has 1 aliphatic heterocycles. The summed E-state index contributed by atoms with van der Waals surface area (Å²) in [5.41, 5.74) is 2.13. The first-order chi connectivity index (χ1) is 12.3. The predicted molar refractivity (Wildman–Crippen MR) is 109 cm³/mol. The molecule has 1 fully saturated rings. The number of aliphatic imine (C=N–C) groups is 1. The van der Waals surface area contributed by atoms with E-state index in [0.717, 1.165) is 35.8 Å². The van der Waals surface area contributed by atoms with Crippen LogP contribution in [-0.4, -0.2) is 63.1 Å². The molecule has 0 bridgehead atoms.